The Morgan fingerprint density at radius 1 is 0.962 bits per heavy atom. The lowest BCUT2D eigenvalue weighted by Gasteiger charge is -2.28. The van der Waals surface area contributed by atoms with Crippen LogP contribution in [0.3, 0.4) is 0 Å². The molecule has 0 bridgehead atoms. The van der Waals surface area contributed by atoms with Crippen LogP contribution >= 0.6 is 0 Å². The van der Waals surface area contributed by atoms with Crippen molar-refractivity contribution in [1.82, 2.24) is 9.97 Å². The predicted octanol–water partition coefficient (Wildman–Crippen LogP) is -2.46. The molecule has 0 radical (unpaired) electrons. The Bertz CT molecular complexity index is 831. The summed E-state index contributed by atoms with van der Waals surface area (Å²) in [5.74, 6) is -2.38. The lowest BCUT2D eigenvalue weighted by molar-refractivity contribution is -0.139. The van der Waals surface area contributed by atoms with Gasteiger partial charge in [-0.2, -0.15) is 0 Å². The second-order valence-corrected chi connectivity index (χ2v) is 5.79. The van der Waals surface area contributed by atoms with E-state index in [1.165, 1.54) is 0 Å². The van der Waals surface area contributed by atoms with E-state index in [1.54, 1.807) is 0 Å². The summed E-state index contributed by atoms with van der Waals surface area (Å²) in [6, 6.07) is 1.48. The third kappa shape index (κ3) is 4.20. The molecule has 144 valence electrons. The molecule has 1 aromatic carbocycles. The molecule has 0 spiro atoms. The minimum Gasteiger partial charge on any atom is -0.394 e. The molecule has 26 heavy (non-hydrogen) atoms. The number of rotatable bonds is 7. The fourth-order valence-electron chi connectivity index (χ4n) is 2.34. The quantitative estimate of drug-likeness (QED) is 0.279. The Kier molecular flexibility index (Phi) is 6.34. The van der Waals surface area contributed by atoms with E-state index in [0.717, 1.165) is 12.1 Å². The van der Waals surface area contributed by atoms with Crippen molar-refractivity contribution in [2.75, 3.05) is 6.61 Å². The zero-order valence-corrected chi connectivity index (χ0v) is 13.3. The summed E-state index contributed by atoms with van der Waals surface area (Å²) in [6.07, 6.45) is -10.1. The van der Waals surface area contributed by atoms with Crippen LogP contribution in [0.25, 0.3) is 11.0 Å². The summed E-state index contributed by atoms with van der Waals surface area (Å²) in [7, 11) is 0. The fraction of sp³-hybridized carbons (Fsp3) is 0.467. The molecule has 2 rings (SSSR count). The summed E-state index contributed by atoms with van der Waals surface area (Å²) in [5, 5.41) is 57.0. The number of H-pyrrole nitrogens is 1. The van der Waals surface area contributed by atoms with Crippen LogP contribution in [0.5, 0.6) is 0 Å². The van der Waals surface area contributed by atoms with Gasteiger partial charge in [-0.3, -0.25) is 4.79 Å². The smallest absolute Gasteiger partial charge is 0.270 e. The third-order valence-electron chi connectivity index (χ3n) is 3.88. The first kappa shape index (κ1) is 20.3. The van der Waals surface area contributed by atoms with Gasteiger partial charge in [0.1, 0.15) is 30.1 Å². The van der Waals surface area contributed by atoms with E-state index in [9.17, 15) is 39.1 Å². The largest absolute Gasteiger partial charge is 0.394 e. The van der Waals surface area contributed by atoms with Gasteiger partial charge in [0.15, 0.2) is 11.6 Å². The highest BCUT2D eigenvalue weighted by Gasteiger charge is 2.34. The van der Waals surface area contributed by atoms with Gasteiger partial charge in [-0.1, -0.05) is 0 Å². The first-order valence-corrected chi connectivity index (χ1v) is 7.54. The lowest BCUT2D eigenvalue weighted by Crippen LogP contribution is -2.50. The van der Waals surface area contributed by atoms with Crippen LogP contribution in [0.4, 0.5) is 8.78 Å². The van der Waals surface area contributed by atoms with Gasteiger partial charge < -0.3 is 35.6 Å². The maximum atomic E-state index is 13.3. The summed E-state index contributed by atoms with van der Waals surface area (Å²) in [5.41, 5.74) is -1.34. The number of hydrogen-bond donors (Lipinski definition) is 7. The highest BCUT2D eigenvalue weighted by molar-refractivity contribution is 5.74. The highest BCUT2D eigenvalue weighted by Crippen LogP contribution is 2.15. The van der Waals surface area contributed by atoms with Gasteiger partial charge in [0, 0.05) is 18.6 Å². The number of aromatic amines is 1. The molecule has 0 unspecified atom stereocenters. The van der Waals surface area contributed by atoms with E-state index in [0.29, 0.717) is 0 Å². The average molecular weight is 376 g/mol. The Balaban J connectivity index is 2.22. The predicted molar refractivity (Wildman–Crippen MR) is 83.1 cm³/mol. The number of halogens is 2. The minimum absolute atomic E-state index is 0.0748. The molecule has 2 aromatic rings. The van der Waals surface area contributed by atoms with E-state index >= 15 is 0 Å². The molecule has 5 atom stereocenters. The van der Waals surface area contributed by atoms with E-state index in [2.05, 4.69) is 9.97 Å². The maximum Gasteiger partial charge on any atom is 0.270 e. The van der Waals surface area contributed by atoms with Gasteiger partial charge in [0.05, 0.1) is 23.7 Å². The van der Waals surface area contributed by atoms with Crippen molar-refractivity contribution in [2.45, 2.75) is 36.9 Å². The van der Waals surface area contributed by atoms with Gasteiger partial charge in [-0.25, -0.2) is 13.8 Å². The average Bonchev–Trinajstić information content (AvgIpc) is 2.61. The molecule has 0 aliphatic rings. The van der Waals surface area contributed by atoms with Crippen molar-refractivity contribution in [3.05, 3.63) is 39.8 Å². The molecule has 0 saturated carbocycles. The molecule has 7 N–H and O–H groups in total. The van der Waals surface area contributed by atoms with Gasteiger partial charge >= 0.3 is 0 Å². The van der Waals surface area contributed by atoms with Gasteiger partial charge in [0.2, 0.25) is 0 Å². The molecule has 0 aliphatic carbocycles. The zero-order chi connectivity index (χ0) is 19.6. The van der Waals surface area contributed by atoms with Gasteiger partial charge in [-0.05, 0) is 0 Å². The Morgan fingerprint density at radius 2 is 1.54 bits per heavy atom. The summed E-state index contributed by atoms with van der Waals surface area (Å²) >= 11 is 0. The number of hydrogen-bond acceptors (Lipinski definition) is 8. The topological polar surface area (TPSA) is 167 Å². The number of fused-ring (bicyclic) bond motifs is 1. The number of benzene rings is 1. The SMILES string of the molecule is O=c1[nH]c2cc(F)c(F)cc2nc1C[C@@H](O)[C@@H](O)[C@@H](O)[C@H](O)[C@H](O)CO. The first-order valence-electron chi connectivity index (χ1n) is 7.54. The van der Waals surface area contributed by atoms with Crippen LogP contribution < -0.4 is 5.56 Å². The van der Waals surface area contributed by atoms with Crippen LogP contribution in [-0.2, 0) is 6.42 Å². The zero-order valence-electron chi connectivity index (χ0n) is 13.3. The normalized spacial score (nSPS) is 17.7. The Hall–Kier alpha value is -2.02. The maximum absolute atomic E-state index is 13.3. The molecular formula is C15H18F2N2O7. The second kappa shape index (κ2) is 8.12. The molecule has 9 nitrogen and oxygen atoms in total. The van der Waals surface area contributed by atoms with E-state index in [4.69, 9.17) is 5.11 Å². The first-order chi connectivity index (χ1) is 12.1. The van der Waals surface area contributed by atoms with Crippen molar-refractivity contribution in [2.24, 2.45) is 0 Å². The standard InChI is InChI=1S/C15H18F2N2O7/c16-5-1-7-8(2-6(5)17)19-15(26)9(18-7)3-10(21)12(23)14(25)13(24)11(22)4-20/h1-2,10-14,20-25H,3-4H2,(H,19,26)/t10-,11-,12-,13-,14-/m1/s1. The van der Waals surface area contributed by atoms with Crippen molar-refractivity contribution in [1.29, 1.82) is 0 Å². The van der Waals surface area contributed by atoms with Crippen molar-refractivity contribution in [3.8, 4) is 0 Å². The Labute approximate surface area is 144 Å². The number of nitrogens with zero attached hydrogens (tertiary/aromatic N) is 1. The number of aliphatic hydroxyl groups excluding tert-OH is 6. The highest BCUT2D eigenvalue weighted by atomic mass is 19.2. The fourth-order valence-corrected chi connectivity index (χ4v) is 2.34. The molecule has 11 heteroatoms. The Morgan fingerprint density at radius 3 is 2.15 bits per heavy atom. The van der Waals surface area contributed by atoms with Crippen LogP contribution in [0.1, 0.15) is 5.69 Å². The third-order valence-corrected chi connectivity index (χ3v) is 3.88. The molecule has 0 amide bonds. The summed E-state index contributed by atoms with van der Waals surface area (Å²) in [4.78, 5) is 18.0. The minimum atomic E-state index is -2.03. The van der Waals surface area contributed by atoms with Crippen LogP contribution in [-0.4, -0.2) is 77.7 Å². The molecular weight excluding hydrogens is 358 g/mol. The number of aromatic nitrogens is 2. The molecule has 1 aromatic heterocycles. The van der Waals surface area contributed by atoms with E-state index in [-0.39, 0.29) is 16.7 Å². The van der Waals surface area contributed by atoms with Gasteiger partial charge in [-0.15, -0.1) is 0 Å². The molecule has 0 aliphatic heterocycles. The van der Waals surface area contributed by atoms with Gasteiger partial charge in [0.25, 0.3) is 5.56 Å². The monoisotopic (exact) mass is 376 g/mol. The number of aliphatic hydroxyl groups is 6. The van der Waals surface area contributed by atoms with Crippen LogP contribution in [0.2, 0.25) is 0 Å². The second-order valence-electron chi connectivity index (χ2n) is 5.79. The van der Waals surface area contributed by atoms with Crippen LogP contribution in [0, 0.1) is 11.6 Å². The van der Waals surface area contributed by atoms with E-state index < -0.39 is 60.7 Å². The van der Waals surface area contributed by atoms with Crippen LogP contribution in [0.15, 0.2) is 16.9 Å². The van der Waals surface area contributed by atoms with E-state index in [1.807, 2.05) is 0 Å². The molecule has 0 fully saturated rings. The lowest BCUT2D eigenvalue weighted by atomic mass is 9.97. The molecule has 1 heterocycles. The summed E-state index contributed by atoms with van der Waals surface area (Å²) in [6.45, 7) is -0.894. The van der Waals surface area contributed by atoms with Crippen molar-refractivity contribution >= 4 is 11.0 Å². The van der Waals surface area contributed by atoms with Crippen molar-refractivity contribution < 1.29 is 39.4 Å². The number of nitrogens with one attached hydrogen (secondary N) is 1. The van der Waals surface area contributed by atoms with Crippen molar-refractivity contribution in [3.63, 3.8) is 0 Å². The molecule has 0 saturated heterocycles. The summed E-state index contributed by atoms with van der Waals surface area (Å²) < 4.78 is 26.4.